The molecular formula is C14H26I-. The van der Waals surface area contributed by atoms with Gasteiger partial charge in [-0.25, -0.2) is 0 Å². The Morgan fingerprint density at radius 1 is 0.800 bits per heavy atom. The molecule has 0 unspecified atom stereocenters. The molecule has 0 atom stereocenters. The fraction of sp³-hybridized carbons (Fsp3) is 1.00. The van der Waals surface area contributed by atoms with Crippen molar-refractivity contribution in [2.75, 3.05) is 0 Å². The van der Waals surface area contributed by atoms with Crippen molar-refractivity contribution in [1.82, 2.24) is 0 Å². The molecule has 0 N–H and O–H groups in total. The summed E-state index contributed by atoms with van der Waals surface area (Å²) in [5.74, 6) is 1.09. The summed E-state index contributed by atoms with van der Waals surface area (Å²) in [5, 5.41) is 0. The molecule has 90 valence electrons. The molecule has 2 fully saturated rings. The molecule has 0 bridgehead atoms. The van der Waals surface area contributed by atoms with E-state index in [-0.39, 0.29) is 0 Å². The molecule has 0 radical (unpaired) electrons. The molecular weight excluding hydrogens is 295 g/mol. The summed E-state index contributed by atoms with van der Waals surface area (Å²) >= 11 is 0.558. The second-order valence-corrected chi connectivity index (χ2v) is 9.63. The van der Waals surface area contributed by atoms with Crippen molar-refractivity contribution in [1.29, 1.82) is 0 Å². The molecule has 0 aromatic carbocycles. The third-order valence-electron chi connectivity index (χ3n) is 4.24. The molecule has 0 aromatic rings. The zero-order valence-corrected chi connectivity index (χ0v) is 12.3. The molecule has 0 amide bonds. The molecule has 0 aromatic heterocycles. The third-order valence-corrected chi connectivity index (χ3v) is 8.77. The molecule has 2 saturated carbocycles. The minimum absolute atomic E-state index is 0.558. The molecule has 0 spiro atoms. The van der Waals surface area contributed by atoms with Gasteiger partial charge in [-0.3, -0.25) is 0 Å². The minimum atomic E-state index is 0.558. The average molecular weight is 321 g/mol. The molecule has 2 aliphatic rings. The number of rotatable bonds is 3. The molecule has 1 heteroatoms. The first-order valence-electron chi connectivity index (χ1n) is 7.00. The van der Waals surface area contributed by atoms with Gasteiger partial charge in [0.2, 0.25) is 0 Å². The summed E-state index contributed by atoms with van der Waals surface area (Å²) in [7, 11) is 0. The predicted molar refractivity (Wildman–Crippen MR) is 62.9 cm³/mol. The van der Waals surface area contributed by atoms with Gasteiger partial charge in [-0.15, -0.1) is 0 Å². The number of hydrogen-bond donors (Lipinski definition) is 0. The van der Waals surface area contributed by atoms with Crippen LogP contribution in [0.2, 0.25) is 0 Å². The van der Waals surface area contributed by atoms with E-state index in [0.717, 1.165) is 5.92 Å². The molecule has 0 nitrogen and oxygen atoms in total. The first kappa shape index (κ1) is 12.2. The van der Waals surface area contributed by atoms with Crippen LogP contribution in [-0.4, -0.2) is 7.85 Å². The summed E-state index contributed by atoms with van der Waals surface area (Å²) in [5.41, 5.74) is 0. The maximum absolute atomic E-state index is 2.38. The molecule has 0 aliphatic heterocycles. The van der Waals surface area contributed by atoms with Crippen molar-refractivity contribution in [2.45, 2.75) is 79.0 Å². The van der Waals surface area contributed by atoms with E-state index in [1.807, 2.05) is 0 Å². The van der Waals surface area contributed by atoms with Gasteiger partial charge in [0.15, 0.2) is 0 Å². The maximum atomic E-state index is 2.38. The summed E-state index contributed by atoms with van der Waals surface area (Å²) < 4.78 is 2.44. The van der Waals surface area contributed by atoms with Crippen LogP contribution in [0.15, 0.2) is 0 Å². The Morgan fingerprint density at radius 3 is 2.00 bits per heavy atom. The van der Waals surface area contributed by atoms with Crippen LogP contribution in [0.3, 0.4) is 0 Å². The first-order chi connectivity index (χ1) is 7.38. The quantitative estimate of drug-likeness (QED) is 0.544. The first-order valence-corrected chi connectivity index (χ1v) is 9.49. The van der Waals surface area contributed by atoms with Gasteiger partial charge in [0, 0.05) is 0 Å². The molecule has 0 saturated heterocycles. The van der Waals surface area contributed by atoms with E-state index >= 15 is 0 Å². The fourth-order valence-electron chi connectivity index (χ4n) is 3.09. The summed E-state index contributed by atoms with van der Waals surface area (Å²) in [6.07, 6.45) is 15.6. The second-order valence-electron chi connectivity index (χ2n) is 5.39. The van der Waals surface area contributed by atoms with Crippen molar-refractivity contribution in [2.24, 2.45) is 5.92 Å². The molecule has 15 heavy (non-hydrogen) atoms. The van der Waals surface area contributed by atoms with Gasteiger partial charge in [-0.2, -0.15) is 0 Å². The Kier molecular flexibility index (Phi) is 5.25. The van der Waals surface area contributed by atoms with Crippen LogP contribution >= 0.6 is 0 Å². The Balaban J connectivity index is 1.67. The van der Waals surface area contributed by atoms with Crippen LogP contribution in [-0.2, 0) is 0 Å². The van der Waals surface area contributed by atoms with Gasteiger partial charge in [-0.1, -0.05) is 0 Å². The Morgan fingerprint density at radius 2 is 1.40 bits per heavy atom. The van der Waals surface area contributed by atoms with Gasteiger partial charge >= 0.3 is 106 Å². The Hall–Kier alpha value is 0.730. The van der Waals surface area contributed by atoms with Crippen LogP contribution in [0.1, 0.15) is 71.1 Å². The molecule has 2 rings (SSSR count). The SMILES string of the molecule is CCC1CCC([I-]C2CCCCC2)CC1. The number of halogens is 1. The zero-order chi connectivity index (χ0) is 10.5. The second kappa shape index (κ2) is 6.46. The number of alkyl halides is 2. The standard InChI is InChI=1S/C14H26I/c1-2-12-8-10-14(11-9-12)15-13-6-4-3-5-7-13/h12-14H,2-11H2,1H3/q-1. The van der Waals surface area contributed by atoms with Gasteiger partial charge in [-0.05, 0) is 0 Å². The van der Waals surface area contributed by atoms with Gasteiger partial charge in [0.05, 0.1) is 0 Å². The van der Waals surface area contributed by atoms with Crippen LogP contribution in [0.25, 0.3) is 0 Å². The number of hydrogen-bond acceptors (Lipinski definition) is 0. The summed E-state index contributed by atoms with van der Waals surface area (Å²) in [6.45, 7) is 2.38. The summed E-state index contributed by atoms with van der Waals surface area (Å²) in [6, 6.07) is 0. The molecule has 0 heterocycles. The van der Waals surface area contributed by atoms with E-state index in [4.69, 9.17) is 0 Å². The van der Waals surface area contributed by atoms with Crippen LogP contribution in [0, 0.1) is 5.92 Å². The Bertz CT molecular complexity index is 164. The van der Waals surface area contributed by atoms with E-state index in [1.54, 1.807) is 51.4 Å². The van der Waals surface area contributed by atoms with Crippen LogP contribution in [0.5, 0.6) is 0 Å². The van der Waals surface area contributed by atoms with Crippen LogP contribution < -0.4 is 21.2 Å². The monoisotopic (exact) mass is 321 g/mol. The van der Waals surface area contributed by atoms with E-state index in [2.05, 4.69) is 6.92 Å². The Labute approximate surface area is 106 Å². The van der Waals surface area contributed by atoms with E-state index in [0.29, 0.717) is 21.2 Å². The van der Waals surface area contributed by atoms with Crippen LogP contribution in [0.4, 0.5) is 0 Å². The van der Waals surface area contributed by atoms with Crippen molar-refractivity contribution in [3.63, 3.8) is 0 Å². The van der Waals surface area contributed by atoms with Crippen molar-refractivity contribution >= 4 is 0 Å². The predicted octanol–water partition coefficient (Wildman–Crippen LogP) is 1.38. The van der Waals surface area contributed by atoms with E-state index in [1.165, 1.54) is 20.7 Å². The average Bonchev–Trinajstić information content (AvgIpc) is 2.31. The third kappa shape index (κ3) is 3.90. The normalized spacial score (nSPS) is 34.5. The van der Waals surface area contributed by atoms with Gasteiger partial charge in [0.1, 0.15) is 0 Å². The van der Waals surface area contributed by atoms with Gasteiger partial charge in [0.25, 0.3) is 0 Å². The fourth-order valence-corrected chi connectivity index (χ4v) is 7.56. The van der Waals surface area contributed by atoms with Crippen molar-refractivity contribution < 1.29 is 21.2 Å². The van der Waals surface area contributed by atoms with E-state index in [9.17, 15) is 0 Å². The molecule has 2 aliphatic carbocycles. The van der Waals surface area contributed by atoms with E-state index < -0.39 is 0 Å². The van der Waals surface area contributed by atoms with Gasteiger partial charge < -0.3 is 0 Å². The van der Waals surface area contributed by atoms with Crippen molar-refractivity contribution in [3.8, 4) is 0 Å². The van der Waals surface area contributed by atoms with Crippen molar-refractivity contribution in [3.05, 3.63) is 0 Å². The summed E-state index contributed by atoms with van der Waals surface area (Å²) in [4.78, 5) is 0. The zero-order valence-electron chi connectivity index (χ0n) is 10.2. The topological polar surface area (TPSA) is 0 Å².